The quantitative estimate of drug-likeness (QED) is 0.0259. The highest BCUT2D eigenvalue weighted by Gasteiger charge is 2.48. The van der Waals surface area contributed by atoms with Gasteiger partial charge in [0, 0.05) is 13.0 Å². The van der Waals surface area contributed by atoms with Crippen molar-refractivity contribution >= 4 is 16.4 Å². The minimum atomic E-state index is -5.05. The molecule has 1 aliphatic heterocycles. The normalized spacial score (nSPS) is 20.3. The molecule has 0 radical (unpaired) electrons. The fourth-order valence-electron chi connectivity index (χ4n) is 7.79. The topological polar surface area (TPSA) is 178 Å². The van der Waals surface area contributed by atoms with Crippen LogP contribution >= 0.6 is 0 Å². The summed E-state index contributed by atoms with van der Waals surface area (Å²) in [5.74, 6) is -0.399. The standard InChI is InChI=1S/C46H90O12S/c1-3-5-7-9-11-13-14-15-16-17-18-19-20-21-22-23-24-25-26-27-28-30-32-34-36-54-38-40(56-42(48)35-33-31-29-12-10-8-6-4-2)39-55-46-44(50)45(58-59(51,52)53)43(49)41(37-47)57-46/h40-41,43-47,49-50H,3-39H2,1-2H3,(H,51,52,53). The van der Waals surface area contributed by atoms with Gasteiger partial charge in [0.1, 0.15) is 30.5 Å². The highest BCUT2D eigenvalue weighted by molar-refractivity contribution is 7.80. The zero-order valence-electron chi connectivity index (χ0n) is 37.6. The number of carbonyl (C=O) groups is 1. The van der Waals surface area contributed by atoms with E-state index in [9.17, 15) is 28.5 Å². The lowest BCUT2D eigenvalue weighted by atomic mass is 9.99. The summed E-state index contributed by atoms with van der Waals surface area (Å²) >= 11 is 0. The van der Waals surface area contributed by atoms with Gasteiger partial charge in [-0.1, -0.05) is 206 Å². The zero-order chi connectivity index (χ0) is 43.2. The number of rotatable bonds is 43. The van der Waals surface area contributed by atoms with Gasteiger partial charge >= 0.3 is 16.4 Å². The Morgan fingerprint density at radius 3 is 1.36 bits per heavy atom. The third-order valence-electron chi connectivity index (χ3n) is 11.5. The molecule has 4 N–H and O–H groups in total. The van der Waals surface area contributed by atoms with Gasteiger partial charge in [-0.3, -0.25) is 9.35 Å². The molecule has 13 heteroatoms. The zero-order valence-corrected chi connectivity index (χ0v) is 38.4. The number of hydrogen-bond donors (Lipinski definition) is 4. The van der Waals surface area contributed by atoms with E-state index in [2.05, 4.69) is 18.0 Å². The largest absolute Gasteiger partial charge is 0.457 e. The fourth-order valence-corrected chi connectivity index (χ4v) is 8.30. The van der Waals surface area contributed by atoms with Gasteiger partial charge < -0.3 is 34.3 Å². The summed E-state index contributed by atoms with van der Waals surface area (Å²) in [7, 11) is -5.05. The van der Waals surface area contributed by atoms with E-state index in [1.165, 1.54) is 161 Å². The number of unbranched alkanes of at least 4 members (excludes halogenated alkanes) is 30. The van der Waals surface area contributed by atoms with E-state index in [1.807, 2.05) is 0 Å². The number of esters is 1. The SMILES string of the molecule is CCCCCCCCCCCCCCCCCCCCCCCCCCOCC(COC1OC(CO)C(O)C(OS(=O)(=O)O)C1O)OC(=O)CCCCCCCCCC. The van der Waals surface area contributed by atoms with Gasteiger partial charge in [-0.2, -0.15) is 8.42 Å². The molecule has 6 unspecified atom stereocenters. The molecule has 59 heavy (non-hydrogen) atoms. The van der Waals surface area contributed by atoms with Crippen molar-refractivity contribution in [1.82, 2.24) is 0 Å². The molecule has 1 saturated heterocycles. The molecule has 0 aromatic rings. The van der Waals surface area contributed by atoms with Gasteiger partial charge in [0.15, 0.2) is 6.29 Å². The van der Waals surface area contributed by atoms with E-state index in [1.54, 1.807) is 0 Å². The number of carbonyl (C=O) groups excluding carboxylic acids is 1. The van der Waals surface area contributed by atoms with E-state index in [-0.39, 0.29) is 19.6 Å². The monoisotopic (exact) mass is 867 g/mol. The highest BCUT2D eigenvalue weighted by Crippen LogP contribution is 2.26. The second kappa shape index (κ2) is 38.7. The minimum Gasteiger partial charge on any atom is -0.457 e. The summed E-state index contributed by atoms with van der Waals surface area (Å²) in [5, 5.41) is 30.6. The first-order chi connectivity index (χ1) is 28.6. The van der Waals surface area contributed by atoms with Crippen molar-refractivity contribution in [1.29, 1.82) is 0 Å². The predicted molar refractivity (Wildman–Crippen MR) is 235 cm³/mol. The summed E-state index contributed by atoms with van der Waals surface area (Å²) in [6.07, 6.45) is 31.7. The maximum atomic E-state index is 12.7. The summed E-state index contributed by atoms with van der Waals surface area (Å²) in [5.41, 5.74) is 0. The summed E-state index contributed by atoms with van der Waals surface area (Å²) in [4.78, 5) is 12.7. The van der Waals surface area contributed by atoms with Crippen LogP contribution in [-0.2, 0) is 38.3 Å². The molecule has 0 aromatic heterocycles. The number of aliphatic hydroxyl groups is 3. The summed E-state index contributed by atoms with van der Waals surface area (Å²) in [6, 6.07) is 0. The Labute approximate surface area is 360 Å². The second-order valence-electron chi connectivity index (χ2n) is 17.1. The third-order valence-corrected chi connectivity index (χ3v) is 11.9. The summed E-state index contributed by atoms with van der Waals surface area (Å²) < 4.78 is 59.0. The van der Waals surface area contributed by atoms with Gasteiger partial charge in [-0.25, -0.2) is 4.18 Å². The first kappa shape index (κ1) is 56.1. The number of ether oxygens (including phenoxy) is 4. The van der Waals surface area contributed by atoms with Crippen LogP contribution in [0.15, 0.2) is 0 Å². The van der Waals surface area contributed by atoms with Crippen LogP contribution in [0.2, 0.25) is 0 Å². The Bertz CT molecular complexity index is 1050. The highest BCUT2D eigenvalue weighted by atomic mass is 32.3. The van der Waals surface area contributed by atoms with Gasteiger partial charge in [-0.15, -0.1) is 0 Å². The Morgan fingerprint density at radius 1 is 0.576 bits per heavy atom. The molecular formula is C46H90O12S. The van der Waals surface area contributed by atoms with E-state index >= 15 is 0 Å². The maximum absolute atomic E-state index is 12.7. The van der Waals surface area contributed by atoms with Crippen LogP contribution in [0.3, 0.4) is 0 Å². The minimum absolute atomic E-state index is 0.0440. The number of hydrogen-bond acceptors (Lipinski definition) is 11. The molecule has 1 aliphatic rings. The van der Waals surface area contributed by atoms with Crippen molar-refractivity contribution in [3.8, 4) is 0 Å². The van der Waals surface area contributed by atoms with Crippen LogP contribution in [-0.4, -0.2) is 97.5 Å². The molecule has 0 aliphatic carbocycles. The molecule has 0 aromatic carbocycles. The van der Waals surface area contributed by atoms with Crippen molar-refractivity contribution in [2.24, 2.45) is 0 Å². The number of aliphatic hydroxyl groups excluding tert-OH is 3. The van der Waals surface area contributed by atoms with Gasteiger partial charge in [0.2, 0.25) is 0 Å². The summed E-state index contributed by atoms with van der Waals surface area (Å²) in [6.45, 7) is 3.99. The Balaban J connectivity index is 2.24. The van der Waals surface area contributed by atoms with E-state index in [0.29, 0.717) is 13.0 Å². The first-order valence-corrected chi connectivity index (χ1v) is 25.7. The predicted octanol–water partition coefficient (Wildman–Crippen LogP) is 10.5. The van der Waals surface area contributed by atoms with E-state index in [0.717, 1.165) is 38.5 Å². The lowest BCUT2D eigenvalue weighted by Crippen LogP contribution is -2.60. The smallest absolute Gasteiger partial charge is 0.397 e. The van der Waals surface area contributed by atoms with Gasteiger partial charge in [0.25, 0.3) is 0 Å². The van der Waals surface area contributed by atoms with Crippen LogP contribution in [0.25, 0.3) is 0 Å². The van der Waals surface area contributed by atoms with Crippen LogP contribution in [0, 0.1) is 0 Å². The Morgan fingerprint density at radius 2 is 0.966 bits per heavy atom. The van der Waals surface area contributed by atoms with Crippen LogP contribution < -0.4 is 0 Å². The Hall–Kier alpha value is -0.900. The molecule has 352 valence electrons. The van der Waals surface area contributed by atoms with Crippen molar-refractivity contribution in [2.45, 2.75) is 263 Å². The molecule has 0 amide bonds. The van der Waals surface area contributed by atoms with Gasteiger partial charge in [0.05, 0.1) is 19.8 Å². The third kappa shape index (κ3) is 32.4. The molecule has 12 nitrogen and oxygen atoms in total. The average Bonchev–Trinajstić information content (AvgIpc) is 3.21. The van der Waals surface area contributed by atoms with Crippen molar-refractivity contribution in [3.63, 3.8) is 0 Å². The lowest BCUT2D eigenvalue weighted by molar-refractivity contribution is -0.301. The molecule has 1 heterocycles. The van der Waals surface area contributed by atoms with Crippen LogP contribution in [0.5, 0.6) is 0 Å². The molecule has 1 fully saturated rings. The molecule has 1 rings (SSSR count). The van der Waals surface area contributed by atoms with Gasteiger partial charge in [-0.05, 0) is 12.8 Å². The maximum Gasteiger partial charge on any atom is 0.397 e. The van der Waals surface area contributed by atoms with E-state index < -0.39 is 59.8 Å². The molecule has 6 atom stereocenters. The lowest BCUT2D eigenvalue weighted by Gasteiger charge is -2.41. The van der Waals surface area contributed by atoms with Crippen molar-refractivity contribution in [3.05, 3.63) is 0 Å². The fraction of sp³-hybridized carbons (Fsp3) is 0.978. The molecule has 0 saturated carbocycles. The Kier molecular flexibility index (Phi) is 36.9. The van der Waals surface area contributed by atoms with E-state index in [4.69, 9.17) is 23.5 Å². The molecule has 0 bridgehead atoms. The van der Waals surface area contributed by atoms with Crippen molar-refractivity contribution < 1.29 is 56.2 Å². The van der Waals surface area contributed by atoms with Crippen LogP contribution in [0.4, 0.5) is 0 Å². The molecular weight excluding hydrogens is 777 g/mol. The average molecular weight is 867 g/mol. The molecule has 0 spiro atoms. The van der Waals surface area contributed by atoms with Crippen LogP contribution in [0.1, 0.15) is 226 Å². The second-order valence-corrected chi connectivity index (χ2v) is 18.1. The van der Waals surface area contributed by atoms with Crippen molar-refractivity contribution in [2.75, 3.05) is 26.4 Å². The first-order valence-electron chi connectivity index (χ1n) is 24.3.